The smallest absolute Gasteiger partial charge is 0.150 e. The minimum absolute atomic E-state index is 0.131. The summed E-state index contributed by atoms with van der Waals surface area (Å²) in [5.74, 6) is 0.810. The van der Waals surface area contributed by atoms with E-state index in [0.717, 1.165) is 38.5 Å². The quantitative estimate of drug-likeness (QED) is 0.814. The molecule has 23 heavy (non-hydrogen) atoms. The monoisotopic (exact) mass is 317 g/mol. The van der Waals surface area contributed by atoms with Crippen LogP contribution < -0.4 is 0 Å². The SMILES string of the molecule is CCN(C)Cc1cn(C2CCCCO2)nc1C1=CCC(C)CC1. The molecule has 2 unspecified atom stereocenters. The van der Waals surface area contributed by atoms with Gasteiger partial charge >= 0.3 is 0 Å². The fourth-order valence-corrected chi connectivity index (χ4v) is 3.48. The molecular weight excluding hydrogens is 286 g/mol. The molecule has 0 radical (unpaired) electrons. The molecular formula is C19H31N3O. The van der Waals surface area contributed by atoms with Gasteiger partial charge in [0.2, 0.25) is 0 Å². The Morgan fingerprint density at radius 1 is 1.35 bits per heavy atom. The molecule has 2 aliphatic rings. The Labute approximate surface area is 140 Å². The lowest BCUT2D eigenvalue weighted by Gasteiger charge is -2.22. The summed E-state index contributed by atoms with van der Waals surface area (Å²) in [5, 5.41) is 4.97. The van der Waals surface area contributed by atoms with Crippen molar-refractivity contribution in [1.29, 1.82) is 0 Å². The van der Waals surface area contributed by atoms with Gasteiger partial charge in [-0.15, -0.1) is 0 Å². The van der Waals surface area contributed by atoms with Crippen molar-refractivity contribution >= 4 is 5.57 Å². The van der Waals surface area contributed by atoms with Crippen LogP contribution in [0.4, 0.5) is 0 Å². The van der Waals surface area contributed by atoms with Crippen molar-refractivity contribution in [1.82, 2.24) is 14.7 Å². The van der Waals surface area contributed by atoms with Crippen molar-refractivity contribution in [2.45, 2.75) is 65.1 Å². The fourth-order valence-electron chi connectivity index (χ4n) is 3.48. The normalized spacial score (nSPS) is 25.7. The average Bonchev–Trinajstić information content (AvgIpc) is 3.00. The van der Waals surface area contributed by atoms with E-state index in [1.165, 1.54) is 42.5 Å². The first-order valence-electron chi connectivity index (χ1n) is 9.25. The Kier molecular flexibility index (Phi) is 5.54. The first kappa shape index (κ1) is 16.7. The standard InChI is InChI=1S/C19H31N3O/c1-4-21(3)13-17-14-22(18-7-5-6-12-23-18)20-19(17)16-10-8-15(2)9-11-16/h10,14-15,18H,4-9,11-13H2,1-3H3. The highest BCUT2D eigenvalue weighted by Gasteiger charge is 2.22. The topological polar surface area (TPSA) is 30.3 Å². The maximum Gasteiger partial charge on any atom is 0.150 e. The van der Waals surface area contributed by atoms with E-state index in [4.69, 9.17) is 9.84 Å². The van der Waals surface area contributed by atoms with Crippen molar-refractivity contribution in [2.75, 3.05) is 20.2 Å². The molecule has 0 amide bonds. The molecule has 1 aliphatic carbocycles. The van der Waals surface area contributed by atoms with Gasteiger partial charge in [-0.2, -0.15) is 5.10 Å². The van der Waals surface area contributed by atoms with E-state index < -0.39 is 0 Å². The molecule has 0 bridgehead atoms. The molecule has 1 fully saturated rings. The Balaban J connectivity index is 1.86. The average molecular weight is 317 g/mol. The van der Waals surface area contributed by atoms with Crippen molar-refractivity contribution in [2.24, 2.45) is 5.92 Å². The third kappa shape index (κ3) is 4.04. The molecule has 0 N–H and O–H groups in total. The number of aromatic nitrogens is 2. The molecule has 2 atom stereocenters. The number of ether oxygens (including phenoxy) is 1. The van der Waals surface area contributed by atoms with Crippen molar-refractivity contribution in [3.8, 4) is 0 Å². The number of nitrogens with zero attached hydrogens (tertiary/aromatic N) is 3. The number of hydrogen-bond donors (Lipinski definition) is 0. The Bertz CT molecular complexity index is 543. The fraction of sp³-hybridized carbons (Fsp3) is 0.737. The second-order valence-corrected chi connectivity index (χ2v) is 7.24. The first-order chi connectivity index (χ1) is 11.2. The Morgan fingerprint density at radius 2 is 2.22 bits per heavy atom. The van der Waals surface area contributed by atoms with Crippen LogP contribution in [0.2, 0.25) is 0 Å². The third-order valence-corrected chi connectivity index (χ3v) is 5.22. The minimum atomic E-state index is 0.131. The molecule has 1 aliphatic heterocycles. The molecule has 2 heterocycles. The molecule has 0 aromatic carbocycles. The molecule has 3 rings (SSSR count). The molecule has 0 saturated carbocycles. The van der Waals surface area contributed by atoms with Gasteiger partial charge in [0.05, 0.1) is 5.69 Å². The van der Waals surface area contributed by atoms with Crippen LogP contribution in [0, 0.1) is 5.92 Å². The van der Waals surface area contributed by atoms with Gasteiger partial charge in [0.15, 0.2) is 0 Å². The molecule has 1 aromatic heterocycles. The van der Waals surface area contributed by atoms with Crippen molar-refractivity contribution in [3.63, 3.8) is 0 Å². The summed E-state index contributed by atoms with van der Waals surface area (Å²) in [5.41, 5.74) is 4.01. The van der Waals surface area contributed by atoms with E-state index in [2.05, 4.69) is 42.7 Å². The number of allylic oxidation sites excluding steroid dienone is 2. The van der Waals surface area contributed by atoms with Crippen LogP contribution in [0.1, 0.15) is 69.9 Å². The van der Waals surface area contributed by atoms with Gasteiger partial charge in [0, 0.05) is 24.9 Å². The first-order valence-corrected chi connectivity index (χ1v) is 9.25. The molecule has 4 heteroatoms. The maximum atomic E-state index is 5.94. The Morgan fingerprint density at radius 3 is 2.87 bits per heavy atom. The summed E-state index contributed by atoms with van der Waals surface area (Å²) in [7, 11) is 2.18. The van der Waals surface area contributed by atoms with Gasteiger partial charge < -0.3 is 9.64 Å². The highest BCUT2D eigenvalue weighted by molar-refractivity contribution is 5.65. The van der Waals surface area contributed by atoms with Crippen LogP contribution >= 0.6 is 0 Å². The summed E-state index contributed by atoms with van der Waals surface area (Å²) in [6, 6.07) is 0. The van der Waals surface area contributed by atoms with Crippen LogP contribution in [0.5, 0.6) is 0 Å². The third-order valence-electron chi connectivity index (χ3n) is 5.22. The van der Waals surface area contributed by atoms with E-state index in [1.54, 1.807) is 0 Å². The number of rotatable bonds is 5. The number of hydrogen-bond acceptors (Lipinski definition) is 3. The van der Waals surface area contributed by atoms with Gasteiger partial charge in [-0.1, -0.05) is 19.9 Å². The van der Waals surface area contributed by atoms with Crippen molar-refractivity contribution < 1.29 is 4.74 Å². The van der Waals surface area contributed by atoms with E-state index in [9.17, 15) is 0 Å². The zero-order valence-electron chi connectivity index (χ0n) is 14.9. The summed E-state index contributed by atoms with van der Waals surface area (Å²) >= 11 is 0. The van der Waals surface area contributed by atoms with Gasteiger partial charge in [0.1, 0.15) is 6.23 Å². The van der Waals surface area contributed by atoms with Gasteiger partial charge in [-0.25, -0.2) is 4.68 Å². The molecule has 1 saturated heterocycles. The van der Waals surface area contributed by atoms with Crippen LogP contribution in [0.25, 0.3) is 5.57 Å². The predicted molar refractivity (Wildman–Crippen MR) is 94.1 cm³/mol. The van der Waals surface area contributed by atoms with Crippen molar-refractivity contribution in [3.05, 3.63) is 23.5 Å². The molecule has 1 aromatic rings. The summed E-state index contributed by atoms with van der Waals surface area (Å²) in [6.07, 6.45) is 11.9. The second-order valence-electron chi connectivity index (χ2n) is 7.24. The Hall–Kier alpha value is -1.13. The minimum Gasteiger partial charge on any atom is -0.357 e. The highest BCUT2D eigenvalue weighted by Crippen LogP contribution is 2.32. The van der Waals surface area contributed by atoms with E-state index in [0.29, 0.717) is 0 Å². The highest BCUT2D eigenvalue weighted by atomic mass is 16.5. The largest absolute Gasteiger partial charge is 0.357 e. The van der Waals surface area contributed by atoms with Gasteiger partial charge in [0.25, 0.3) is 0 Å². The molecule has 4 nitrogen and oxygen atoms in total. The molecule has 0 spiro atoms. The molecule has 128 valence electrons. The predicted octanol–water partition coefficient (Wildman–Crippen LogP) is 4.24. The van der Waals surface area contributed by atoms with E-state index in [1.807, 2.05) is 0 Å². The lowest BCUT2D eigenvalue weighted by atomic mass is 9.89. The van der Waals surface area contributed by atoms with E-state index in [-0.39, 0.29) is 6.23 Å². The van der Waals surface area contributed by atoms with Gasteiger partial charge in [-0.05, 0) is 63.6 Å². The summed E-state index contributed by atoms with van der Waals surface area (Å²) in [6.45, 7) is 7.43. The maximum absolute atomic E-state index is 5.94. The van der Waals surface area contributed by atoms with Crippen LogP contribution in [0.3, 0.4) is 0 Å². The van der Waals surface area contributed by atoms with Crippen LogP contribution in [-0.2, 0) is 11.3 Å². The lowest BCUT2D eigenvalue weighted by molar-refractivity contribution is -0.0396. The zero-order chi connectivity index (χ0) is 16.2. The summed E-state index contributed by atoms with van der Waals surface area (Å²) in [4.78, 5) is 2.35. The van der Waals surface area contributed by atoms with Crippen LogP contribution in [-0.4, -0.2) is 34.9 Å². The lowest BCUT2D eigenvalue weighted by Crippen LogP contribution is -2.19. The van der Waals surface area contributed by atoms with E-state index >= 15 is 0 Å². The zero-order valence-corrected chi connectivity index (χ0v) is 14.9. The second kappa shape index (κ2) is 7.63. The summed E-state index contributed by atoms with van der Waals surface area (Å²) < 4.78 is 8.02. The van der Waals surface area contributed by atoms with Gasteiger partial charge in [-0.3, -0.25) is 0 Å². The van der Waals surface area contributed by atoms with Crippen LogP contribution in [0.15, 0.2) is 12.3 Å².